The normalized spacial score (nSPS) is 14.0. The van der Waals surface area contributed by atoms with Gasteiger partial charge in [0.25, 0.3) is 0 Å². The Hall–Kier alpha value is -0.600. The average Bonchev–Trinajstić information content (AvgIpc) is 1.99. The molecule has 66 valence electrons. The van der Waals surface area contributed by atoms with E-state index < -0.39 is 0 Å². The van der Waals surface area contributed by atoms with E-state index in [4.69, 9.17) is 0 Å². The van der Waals surface area contributed by atoms with E-state index in [2.05, 4.69) is 17.3 Å². The lowest BCUT2D eigenvalue weighted by Gasteiger charge is -2.04. The summed E-state index contributed by atoms with van der Waals surface area (Å²) in [5, 5.41) is 15.7. The summed E-state index contributed by atoms with van der Waals surface area (Å²) < 4.78 is 0. The minimum absolute atomic E-state index is 0.115. The first-order valence-electron chi connectivity index (χ1n) is 4.33. The number of unbranched alkanes of at least 4 members (excludes halogenated alkanes) is 3. The summed E-state index contributed by atoms with van der Waals surface area (Å²) in [4.78, 5) is 0. The Bertz CT molecular complexity index is 104. The quantitative estimate of drug-likeness (QED) is 0.331. The third-order valence-corrected chi connectivity index (χ3v) is 1.72. The molecule has 0 aliphatic carbocycles. The van der Waals surface area contributed by atoms with Crippen molar-refractivity contribution in [3.8, 4) is 0 Å². The molecule has 0 amide bonds. The van der Waals surface area contributed by atoms with Gasteiger partial charge in [0.05, 0.1) is 6.04 Å². The molecule has 0 heterocycles. The molecule has 0 aromatic carbocycles. The molecule has 3 nitrogen and oxygen atoms in total. The van der Waals surface area contributed by atoms with Gasteiger partial charge < -0.3 is 5.21 Å². The van der Waals surface area contributed by atoms with Gasteiger partial charge in [-0.25, -0.2) is 5.28 Å². The first-order chi connectivity index (χ1) is 5.31. The lowest BCUT2D eigenvalue weighted by Crippen LogP contribution is -1.95. The topological polar surface area (TPSA) is 47.8 Å². The van der Waals surface area contributed by atoms with Crippen LogP contribution in [-0.4, -0.2) is 6.04 Å². The van der Waals surface area contributed by atoms with E-state index in [1.165, 1.54) is 19.3 Å². The molecule has 0 rings (SSSR count). The molecule has 0 saturated carbocycles. The van der Waals surface area contributed by atoms with Crippen LogP contribution in [0.1, 0.15) is 46.0 Å². The third-order valence-electron chi connectivity index (χ3n) is 1.72. The van der Waals surface area contributed by atoms with Gasteiger partial charge in [0.15, 0.2) is 0 Å². The summed E-state index contributed by atoms with van der Waals surface area (Å²) in [5.74, 6) is 0. The molecule has 1 atom stereocenters. The monoisotopic (exact) mass is 157 g/mol. The van der Waals surface area contributed by atoms with E-state index in [0.717, 1.165) is 12.8 Å². The van der Waals surface area contributed by atoms with Crippen LogP contribution >= 0.6 is 0 Å². The highest BCUT2D eigenvalue weighted by atomic mass is 16.5. The minimum atomic E-state index is 0.115. The summed E-state index contributed by atoms with van der Waals surface area (Å²) in [6.45, 7) is 4.11. The summed E-state index contributed by atoms with van der Waals surface area (Å²) in [6.07, 6.45) is 5.92. The fraction of sp³-hybridized carbons (Fsp3) is 1.00. The van der Waals surface area contributed by atoms with Gasteiger partial charge in [-0.1, -0.05) is 32.6 Å². The zero-order valence-corrected chi connectivity index (χ0v) is 7.42. The molecule has 0 aromatic heterocycles. The van der Waals surface area contributed by atoms with Crippen molar-refractivity contribution in [1.82, 2.24) is 0 Å². The van der Waals surface area contributed by atoms with E-state index in [0.29, 0.717) is 0 Å². The summed E-state index contributed by atoms with van der Waals surface area (Å²) in [7, 11) is 0. The van der Waals surface area contributed by atoms with Crippen molar-refractivity contribution in [1.29, 1.82) is 0 Å². The van der Waals surface area contributed by atoms with Crippen LogP contribution in [0.25, 0.3) is 0 Å². The first kappa shape index (κ1) is 10.4. The van der Waals surface area contributed by atoms with E-state index in [1.807, 2.05) is 6.92 Å². The summed E-state index contributed by atoms with van der Waals surface area (Å²) >= 11 is 0. The molecule has 0 saturated heterocycles. The molecule has 0 bridgehead atoms. The van der Waals surface area contributed by atoms with E-state index in [9.17, 15) is 5.21 Å². The molecule has 1 unspecified atom stereocenters. The lowest BCUT2D eigenvalue weighted by atomic mass is 10.1. The first-order valence-corrected chi connectivity index (χ1v) is 4.33. The van der Waals surface area contributed by atoms with Crippen molar-refractivity contribution in [3.63, 3.8) is 0 Å². The van der Waals surface area contributed by atoms with Crippen LogP contribution < -0.4 is 0 Å². The van der Waals surface area contributed by atoms with Crippen LogP contribution in [0.15, 0.2) is 10.4 Å². The van der Waals surface area contributed by atoms with Crippen molar-refractivity contribution in [3.05, 3.63) is 5.21 Å². The fourth-order valence-corrected chi connectivity index (χ4v) is 1.00. The second kappa shape index (κ2) is 7.51. The zero-order chi connectivity index (χ0) is 8.53. The van der Waals surface area contributed by atoms with E-state index in [1.54, 1.807) is 0 Å². The maximum atomic E-state index is 9.69. The third kappa shape index (κ3) is 7.30. The molecule has 0 radical (unpaired) electrons. The number of nitrogens with zero attached hydrogens (tertiary/aromatic N) is 2. The van der Waals surface area contributed by atoms with Crippen molar-refractivity contribution < 1.29 is 0 Å². The predicted octanol–water partition coefficient (Wildman–Crippen LogP) is 3.30. The predicted molar refractivity (Wildman–Crippen MR) is 46.4 cm³/mol. The molecule has 11 heavy (non-hydrogen) atoms. The van der Waals surface area contributed by atoms with Gasteiger partial charge >= 0.3 is 0 Å². The van der Waals surface area contributed by atoms with Gasteiger partial charge in [-0.15, -0.1) is 0 Å². The van der Waals surface area contributed by atoms with Crippen molar-refractivity contribution in [2.45, 2.75) is 52.0 Å². The van der Waals surface area contributed by atoms with Gasteiger partial charge in [-0.3, -0.25) is 0 Å². The molecule has 0 aliphatic heterocycles. The SMILES string of the molecule is CCCCCCC(C)N=N[O-]. The largest absolute Gasteiger partial charge is 0.775 e. The van der Waals surface area contributed by atoms with Gasteiger partial charge in [0.2, 0.25) is 0 Å². The number of hydrogen-bond donors (Lipinski definition) is 0. The Labute approximate surface area is 68.5 Å². The minimum Gasteiger partial charge on any atom is -0.775 e. The van der Waals surface area contributed by atoms with Crippen molar-refractivity contribution in [2.75, 3.05) is 0 Å². The van der Waals surface area contributed by atoms with Gasteiger partial charge in [-0.2, -0.15) is 5.11 Å². The number of rotatable bonds is 6. The maximum Gasteiger partial charge on any atom is 0.0677 e. The van der Waals surface area contributed by atoms with Crippen LogP contribution in [0.3, 0.4) is 0 Å². The molecule has 0 aromatic rings. The maximum absolute atomic E-state index is 9.69. The standard InChI is InChI=1S/C8H18N2O/c1-3-4-5-6-7-8(2)9-10-11/h8H,3-7H2,1-2H3,(H,9,11)/p-1. The van der Waals surface area contributed by atoms with E-state index >= 15 is 0 Å². The Morgan fingerprint density at radius 2 is 2.00 bits per heavy atom. The lowest BCUT2D eigenvalue weighted by molar-refractivity contribution is 0.563. The number of hydrogen-bond acceptors (Lipinski definition) is 3. The molecular formula is C8H17N2O-. The Kier molecular flexibility index (Phi) is 7.10. The van der Waals surface area contributed by atoms with Crippen molar-refractivity contribution >= 4 is 0 Å². The van der Waals surface area contributed by atoms with Crippen LogP contribution in [-0.2, 0) is 0 Å². The Morgan fingerprint density at radius 1 is 1.27 bits per heavy atom. The molecule has 0 N–H and O–H groups in total. The highest BCUT2D eigenvalue weighted by molar-refractivity contribution is 4.57. The molecule has 0 spiro atoms. The Balaban J connectivity index is 3.10. The average molecular weight is 157 g/mol. The van der Waals surface area contributed by atoms with Gasteiger partial charge in [0.1, 0.15) is 0 Å². The van der Waals surface area contributed by atoms with Crippen LogP contribution in [0.4, 0.5) is 0 Å². The van der Waals surface area contributed by atoms with Crippen LogP contribution in [0.5, 0.6) is 0 Å². The second-order valence-electron chi connectivity index (χ2n) is 2.90. The highest BCUT2D eigenvalue weighted by Crippen LogP contribution is 2.07. The molecule has 0 aliphatic rings. The molecule has 3 heteroatoms. The smallest absolute Gasteiger partial charge is 0.0677 e. The Morgan fingerprint density at radius 3 is 2.55 bits per heavy atom. The van der Waals surface area contributed by atoms with E-state index in [-0.39, 0.29) is 6.04 Å². The second-order valence-corrected chi connectivity index (χ2v) is 2.90. The highest BCUT2D eigenvalue weighted by Gasteiger charge is 1.96. The molecule has 0 fully saturated rings. The van der Waals surface area contributed by atoms with Gasteiger partial charge in [0, 0.05) is 0 Å². The fourth-order valence-electron chi connectivity index (χ4n) is 1.00. The van der Waals surface area contributed by atoms with Crippen LogP contribution in [0.2, 0.25) is 0 Å². The summed E-state index contributed by atoms with van der Waals surface area (Å²) in [5.41, 5.74) is 0. The summed E-state index contributed by atoms with van der Waals surface area (Å²) in [6, 6.07) is 0.115. The van der Waals surface area contributed by atoms with Crippen LogP contribution in [0, 0.1) is 5.21 Å². The van der Waals surface area contributed by atoms with Gasteiger partial charge in [-0.05, 0) is 13.3 Å². The molecular weight excluding hydrogens is 140 g/mol. The van der Waals surface area contributed by atoms with Crippen molar-refractivity contribution in [2.24, 2.45) is 10.4 Å². The zero-order valence-electron chi connectivity index (χ0n) is 7.42.